The van der Waals surface area contributed by atoms with E-state index >= 15 is 0 Å². The fraction of sp³-hybridized carbons (Fsp3) is 0.200. The zero-order valence-corrected chi connectivity index (χ0v) is 18.7. The zero-order valence-electron chi connectivity index (χ0n) is 17.9. The lowest BCUT2D eigenvalue weighted by molar-refractivity contribution is -0.123. The van der Waals surface area contributed by atoms with Gasteiger partial charge < -0.3 is 4.90 Å². The Hall–Kier alpha value is -3.52. The van der Waals surface area contributed by atoms with Crippen molar-refractivity contribution in [2.75, 3.05) is 15.6 Å². The summed E-state index contributed by atoms with van der Waals surface area (Å²) in [6, 6.07) is 19.3. The van der Waals surface area contributed by atoms with Crippen LogP contribution >= 0.6 is 0 Å². The highest BCUT2D eigenvalue weighted by Gasteiger charge is 2.69. The van der Waals surface area contributed by atoms with Crippen LogP contribution in [-0.4, -0.2) is 26.0 Å². The highest BCUT2D eigenvalue weighted by Crippen LogP contribution is 2.52. The number of para-hydroxylation sites is 1. The van der Waals surface area contributed by atoms with Crippen molar-refractivity contribution in [3.05, 3.63) is 95.3 Å². The minimum atomic E-state index is -4.22. The van der Waals surface area contributed by atoms with Gasteiger partial charge in [0.15, 0.2) is 9.84 Å². The van der Waals surface area contributed by atoms with Gasteiger partial charge >= 0.3 is 0 Å². The van der Waals surface area contributed by atoms with Crippen LogP contribution < -0.4 is 9.80 Å². The van der Waals surface area contributed by atoms with Gasteiger partial charge in [0, 0.05) is 11.3 Å². The molecule has 0 N–H and O–H groups in total. The van der Waals surface area contributed by atoms with E-state index in [1.807, 2.05) is 13.0 Å². The van der Waals surface area contributed by atoms with Gasteiger partial charge in [-0.3, -0.25) is 14.5 Å². The Morgan fingerprint density at radius 3 is 2.39 bits per heavy atom. The SMILES string of the molecule is CCc1cccc(N2C(=O)CS(=O)(=O)C23C(=O)N(Cc2ccc(F)cc2)c2ccccc23)c1. The Labute approximate surface area is 191 Å². The first-order valence-corrected chi connectivity index (χ1v) is 12.2. The fourth-order valence-electron chi connectivity index (χ4n) is 4.74. The Balaban J connectivity index is 1.72. The van der Waals surface area contributed by atoms with Crippen molar-refractivity contribution in [2.24, 2.45) is 0 Å². The molecule has 3 aromatic carbocycles. The van der Waals surface area contributed by atoms with Gasteiger partial charge in [0.1, 0.15) is 11.6 Å². The quantitative estimate of drug-likeness (QED) is 0.592. The number of aryl methyl sites for hydroxylation is 1. The van der Waals surface area contributed by atoms with Crippen molar-refractivity contribution in [1.82, 2.24) is 0 Å². The Bertz CT molecular complexity index is 1390. The number of carbonyl (C=O) groups excluding carboxylic acids is 2. The standard InChI is InChI=1S/C25H21FN2O4S/c1-2-17-6-5-7-20(14-17)28-23(29)16-33(31,32)25(28)21-8-3-4-9-22(21)27(24(25)30)15-18-10-12-19(26)13-11-18/h3-14H,2,15-16H2,1H3. The topological polar surface area (TPSA) is 74.8 Å². The minimum absolute atomic E-state index is 0.0461. The summed E-state index contributed by atoms with van der Waals surface area (Å²) in [7, 11) is -4.22. The molecule has 0 radical (unpaired) electrons. The number of benzene rings is 3. The maximum absolute atomic E-state index is 14.0. The summed E-state index contributed by atoms with van der Waals surface area (Å²) >= 11 is 0. The molecule has 6 nitrogen and oxygen atoms in total. The summed E-state index contributed by atoms with van der Waals surface area (Å²) in [5.74, 6) is -2.52. The number of halogens is 1. The van der Waals surface area contributed by atoms with Crippen LogP contribution in [0.3, 0.4) is 0 Å². The molecule has 5 rings (SSSR count). The molecular weight excluding hydrogens is 443 g/mol. The summed E-state index contributed by atoms with van der Waals surface area (Å²) in [5, 5.41) is 0. The average molecular weight is 465 g/mol. The predicted molar refractivity (Wildman–Crippen MR) is 123 cm³/mol. The van der Waals surface area contributed by atoms with Crippen LogP contribution in [0.15, 0.2) is 72.8 Å². The molecule has 168 valence electrons. The Morgan fingerprint density at radius 1 is 0.939 bits per heavy atom. The molecule has 0 saturated carbocycles. The minimum Gasteiger partial charge on any atom is -0.304 e. The predicted octanol–water partition coefficient (Wildman–Crippen LogP) is 3.55. The molecule has 3 aromatic rings. The van der Waals surface area contributed by atoms with Crippen LogP contribution in [0.4, 0.5) is 15.8 Å². The van der Waals surface area contributed by atoms with E-state index in [-0.39, 0.29) is 12.1 Å². The summed E-state index contributed by atoms with van der Waals surface area (Å²) in [6.07, 6.45) is 0.691. The van der Waals surface area contributed by atoms with Gasteiger partial charge in [-0.2, -0.15) is 0 Å². The van der Waals surface area contributed by atoms with Crippen molar-refractivity contribution in [1.29, 1.82) is 0 Å². The summed E-state index contributed by atoms with van der Waals surface area (Å²) < 4.78 is 40.6. The summed E-state index contributed by atoms with van der Waals surface area (Å²) in [4.78, 5) is 27.5. The smallest absolute Gasteiger partial charge is 0.274 e. The van der Waals surface area contributed by atoms with E-state index in [1.54, 1.807) is 54.6 Å². The number of anilines is 2. The normalized spacial score (nSPS) is 21.2. The Morgan fingerprint density at radius 2 is 1.67 bits per heavy atom. The molecular formula is C25H21FN2O4S. The molecule has 8 heteroatoms. The number of nitrogens with zero attached hydrogens (tertiary/aromatic N) is 2. The number of carbonyl (C=O) groups is 2. The highest BCUT2D eigenvalue weighted by molar-refractivity contribution is 7.94. The molecule has 2 heterocycles. The van der Waals surface area contributed by atoms with E-state index in [9.17, 15) is 22.4 Å². The lowest BCUT2D eigenvalue weighted by Gasteiger charge is -2.33. The van der Waals surface area contributed by atoms with E-state index in [1.165, 1.54) is 17.0 Å². The molecule has 0 bridgehead atoms. The van der Waals surface area contributed by atoms with Crippen LogP contribution in [-0.2, 0) is 37.3 Å². The first-order valence-electron chi connectivity index (χ1n) is 10.6. The summed E-state index contributed by atoms with van der Waals surface area (Å²) in [6.45, 7) is 2.00. The molecule has 1 fully saturated rings. The molecule has 0 aromatic heterocycles. The molecule has 33 heavy (non-hydrogen) atoms. The largest absolute Gasteiger partial charge is 0.304 e. The number of hydrogen-bond donors (Lipinski definition) is 0. The van der Waals surface area contributed by atoms with Crippen molar-refractivity contribution in [2.45, 2.75) is 24.8 Å². The molecule has 2 aliphatic rings. The molecule has 1 spiro atoms. The highest BCUT2D eigenvalue weighted by atomic mass is 32.2. The third kappa shape index (κ3) is 3.01. The van der Waals surface area contributed by atoms with Crippen LogP contribution in [0.25, 0.3) is 0 Å². The second kappa shape index (κ2) is 7.52. The maximum atomic E-state index is 14.0. The third-order valence-electron chi connectivity index (χ3n) is 6.25. The fourth-order valence-corrected chi connectivity index (χ4v) is 6.77. The number of amides is 2. The number of hydrogen-bond acceptors (Lipinski definition) is 4. The van der Waals surface area contributed by atoms with Crippen molar-refractivity contribution in [3.63, 3.8) is 0 Å². The van der Waals surface area contributed by atoms with Crippen molar-refractivity contribution >= 4 is 33.0 Å². The van der Waals surface area contributed by atoms with E-state index in [0.29, 0.717) is 23.4 Å². The van der Waals surface area contributed by atoms with Gasteiger partial charge in [-0.05, 0) is 47.9 Å². The lowest BCUT2D eigenvalue weighted by Crippen LogP contribution is -2.54. The molecule has 2 amide bonds. The van der Waals surface area contributed by atoms with Crippen molar-refractivity contribution in [3.8, 4) is 0 Å². The average Bonchev–Trinajstić information content (AvgIpc) is 3.18. The molecule has 1 atom stereocenters. The van der Waals surface area contributed by atoms with E-state index in [0.717, 1.165) is 10.5 Å². The zero-order chi connectivity index (χ0) is 23.4. The molecule has 1 saturated heterocycles. The van der Waals surface area contributed by atoms with Gasteiger partial charge in [-0.25, -0.2) is 12.8 Å². The maximum Gasteiger partial charge on any atom is 0.274 e. The van der Waals surface area contributed by atoms with Crippen LogP contribution in [0.5, 0.6) is 0 Å². The monoisotopic (exact) mass is 464 g/mol. The second-order valence-electron chi connectivity index (χ2n) is 8.19. The molecule has 1 unspecified atom stereocenters. The summed E-state index contributed by atoms with van der Waals surface area (Å²) in [5.41, 5.74) is 2.60. The first kappa shape index (κ1) is 21.3. The third-order valence-corrected chi connectivity index (χ3v) is 8.36. The van der Waals surface area contributed by atoms with Crippen LogP contribution in [0, 0.1) is 5.82 Å². The second-order valence-corrected chi connectivity index (χ2v) is 10.3. The van der Waals surface area contributed by atoms with Crippen LogP contribution in [0.2, 0.25) is 0 Å². The number of sulfone groups is 1. The van der Waals surface area contributed by atoms with Gasteiger partial charge in [-0.15, -0.1) is 0 Å². The van der Waals surface area contributed by atoms with Gasteiger partial charge in [0.2, 0.25) is 5.91 Å². The van der Waals surface area contributed by atoms with E-state index < -0.39 is 38.1 Å². The van der Waals surface area contributed by atoms with E-state index in [4.69, 9.17) is 0 Å². The lowest BCUT2D eigenvalue weighted by atomic mass is 10.0. The van der Waals surface area contributed by atoms with Gasteiger partial charge in [0.25, 0.3) is 10.8 Å². The molecule has 0 aliphatic carbocycles. The van der Waals surface area contributed by atoms with Gasteiger partial charge in [0.05, 0.1) is 12.2 Å². The van der Waals surface area contributed by atoms with Crippen molar-refractivity contribution < 1.29 is 22.4 Å². The number of fused-ring (bicyclic) bond motifs is 2. The van der Waals surface area contributed by atoms with Gasteiger partial charge in [-0.1, -0.05) is 49.4 Å². The first-order chi connectivity index (χ1) is 15.8. The van der Waals surface area contributed by atoms with Crippen LogP contribution in [0.1, 0.15) is 23.6 Å². The van der Waals surface area contributed by atoms with E-state index in [2.05, 4.69) is 0 Å². The number of rotatable bonds is 4. The molecule has 2 aliphatic heterocycles. The Kier molecular flexibility index (Phi) is 4.86.